The lowest BCUT2D eigenvalue weighted by Crippen LogP contribution is -2.26. The van der Waals surface area contributed by atoms with Gasteiger partial charge in [-0.1, -0.05) is 42.5 Å². The molecule has 0 radical (unpaired) electrons. The molecule has 0 atom stereocenters. The summed E-state index contributed by atoms with van der Waals surface area (Å²) in [6.45, 7) is 2.29. The Morgan fingerprint density at radius 1 is 1.04 bits per heavy atom. The molecule has 122 valence electrons. The van der Waals surface area contributed by atoms with E-state index in [9.17, 15) is 9.59 Å². The van der Waals surface area contributed by atoms with Crippen LogP contribution in [0.25, 0.3) is 10.9 Å². The molecule has 1 aromatic heterocycles. The Morgan fingerprint density at radius 3 is 2.62 bits per heavy atom. The summed E-state index contributed by atoms with van der Waals surface area (Å²) in [7, 11) is 0. The van der Waals surface area contributed by atoms with Gasteiger partial charge in [-0.3, -0.25) is 9.59 Å². The molecule has 3 rings (SSSR count). The highest BCUT2D eigenvalue weighted by molar-refractivity contribution is 5.79. The fourth-order valence-electron chi connectivity index (χ4n) is 2.74. The van der Waals surface area contributed by atoms with Crippen molar-refractivity contribution in [2.75, 3.05) is 0 Å². The highest BCUT2D eigenvalue weighted by Gasteiger charge is 2.07. The molecule has 0 saturated carbocycles. The second-order valence-electron chi connectivity index (χ2n) is 5.91. The van der Waals surface area contributed by atoms with Crippen LogP contribution in [0.2, 0.25) is 0 Å². The van der Waals surface area contributed by atoms with Gasteiger partial charge in [0.2, 0.25) is 5.91 Å². The number of hydrogen-bond donors (Lipinski definition) is 2. The Morgan fingerprint density at radius 2 is 1.79 bits per heavy atom. The molecule has 0 aliphatic rings. The minimum Gasteiger partial charge on any atom is -0.352 e. The number of aryl methyl sites for hydroxylation is 2. The summed E-state index contributed by atoms with van der Waals surface area (Å²) in [5.41, 5.74) is 3.58. The first-order chi connectivity index (χ1) is 11.6. The quantitative estimate of drug-likeness (QED) is 0.759. The fraction of sp³-hybridized carbons (Fsp3) is 0.200. The van der Waals surface area contributed by atoms with Crippen molar-refractivity contribution in [2.24, 2.45) is 0 Å². The van der Waals surface area contributed by atoms with Crippen molar-refractivity contribution >= 4 is 16.8 Å². The molecule has 0 spiro atoms. The van der Waals surface area contributed by atoms with E-state index in [1.165, 1.54) is 11.1 Å². The average Bonchev–Trinajstić information content (AvgIpc) is 2.59. The third-order valence-electron chi connectivity index (χ3n) is 4.19. The topological polar surface area (TPSA) is 62.0 Å². The molecular formula is C20H20N2O2. The lowest BCUT2D eigenvalue weighted by Gasteiger charge is -2.07. The Hall–Kier alpha value is -2.88. The maximum absolute atomic E-state index is 12.1. The zero-order chi connectivity index (χ0) is 16.9. The standard InChI is InChI=1S/C20H20N2O2/c1-14-6-2-3-7-15(14)10-11-19(23)21-13-17-12-16-8-4-5-9-18(16)22-20(17)24/h2-9,12H,10-11,13H2,1H3,(H,21,23)(H,22,24). The number of aromatic amines is 1. The van der Waals surface area contributed by atoms with E-state index in [2.05, 4.69) is 10.3 Å². The molecule has 3 aromatic rings. The Labute approximate surface area is 140 Å². The zero-order valence-electron chi connectivity index (χ0n) is 13.6. The third kappa shape index (κ3) is 3.71. The Bertz CT molecular complexity index is 928. The van der Waals surface area contributed by atoms with Crippen LogP contribution >= 0.6 is 0 Å². The van der Waals surface area contributed by atoms with Crippen molar-refractivity contribution < 1.29 is 4.79 Å². The summed E-state index contributed by atoms with van der Waals surface area (Å²) in [5, 5.41) is 3.79. The van der Waals surface area contributed by atoms with E-state index in [1.54, 1.807) is 0 Å². The minimum atomic E-state index is -0.159. The molecule has 0 aliphatic carbocycles. The van der Waals surface area contributed by atoms with E-state index in [0.29, 0.717) is 18.4 Å². The normalized spacial score (nSPS) is 10.7. The highest BCUT2D eigenvalue weighted by atomic mass is 16.1. The van der Waals surface area contributed by atoms with Gasteiger partial charge in [0.15, 0.2) is 0 Å². The van der Waals surface area contributed by atoms with E-state index >= 15 is 0 Å². The third-order valence-corrected chi connectivity index (χ3v) is 4.19. The molecule has 24 heavy (non-hydrogen) atoms. The minimum absolute atomic E-state index is 0.0502. The molecule has 4 heteroatoms. The number of H-pyrrole nitrogens is 1. The molecule has 0 aliphatic heterocycles. The Balaban J connectivity index is 1.61. The van der Waals surface area contributed by atoms with Crippen molar-refractivity contribution in [1.29, 1.82) is 0 Å². The summed E-state index contributed by atoms with van der Waals surface area (Å²) in [5.74, 6) is -0.0502. The molecule has 2 aromatic carbocycles. The molecule has 0 fully saturated rings. The number of para-hydroxylation sites is 1. The number of rotatable bonds is 5. The first-order valence-corrected chi connectivity index (χ1v) is 8.05. The van der Waals surface area contributed by atoms with Gasteiger partial charge in [-0.15, -0.1) is 0 Å². The number of carbonyl (C=O) groups is 1. The number of aromatic nitrogens is 1. The van der Waals surface area contributed by atoms with Crippen LogP contribution in [0, 0.1) is 6.92 Å². The second kappa shape index (κ2) is 7.13. The predicted molar refractivity (Wildman–Crippen MR) is 95.9 cm³/mol. The number of pyridine rings is 1. The van der Waals surface area contributed by atoms with Gasteiger partial charge in [0.25, 0.3) is 5.56 Å². The summed E-state index contributed by atoms with van der Waals surface area (Å²) in [4.78, 5) is 27.0. The van der Waals surface area contributed by atoms with Gasteiger partial charge in [-0.25, -0.2) is 0 Å². The second-order valence-corrected chi connectivity index (χ2v) is 5.91. The van der Waals surface area contributed by atoms with E-state index < -0.39 is 0 Å². The van der Waals surface area contributed by atoms with Crippen LogP contribution in [0.15, 0.2) is 59.4 Å². The number of fused-ring (bicyclic) bond motifs is 1. The smallest absolute Gasteiger partial charge is 0.253 e. The fourth-order valence-corrected chi connectivity index (χ4v) is 2.74. The molecule has 0 bridgehead atoms. The van der Waals surface area contributed by atoms with Crippen molar-refractivity contribution in [2.45, 2.75) is 26.3 Å². The monoisotopic (exact) mass is 320 g/mol. The summed E-state index contributed by atoms with van der Waals surface area (Å²) >= 11 is 0. The molecule has 2 N–H and O–H groups in total. The van der Waals surface area contributed by atoms with Gasteiger partial charge < -0.3 is 10.3 Å². The summed E-state index contributed by atoms with van der Waals surface area (Å²) < 4.78 is 0. The van der Waals surface area contributed by atoms with E-state index in [4.69, 9.17) is 0 Å². The van der Waals surface area contributed by atoms with Gasteiger partial charge in [-0.05, 0) is 42.0 Å². The largest absolute Gasteiger partial charge is 0.352 e. The van der Waals surface area contributed by atoms with Crippen molar-refractivity contribution in [3.8, 4) is 0 Å². The lowest BCUT2D eigenvalue weighted by atomic mass is 10.0. The van der Waals surface area contributed by atoms with Crippen LogP contribution in [0.4, 0.5) is 0 Å². The van der Waals surface area contributed by atoms with Gasteiger partial charge in [-0.2, -0.15) is 0 Å². The molecule has 0 saturated heterocycles. The van der Waals surface area contributed by atoms with Crippen molar-refractivity contribution in [3.63, 3.8) is 0 Å². The number of carbonyl (C=O) groups excluding carboxylic acids is 1. The van der Waals surface area contributed by atoms with Crippen LogP contribution in [0.3, 0.4) is 0 Å². The lowest BCUT2D eigenvalue weighted by molar-refractivity contribution is -0.121. The summed E-state index contributed by atoms with van der Waals surface area (Å²) in [6, 6.07) is 17.5. The first-order valence-electron chi connectivity index (χ1n) is 8.05. The van der Waals surface area contributed by atoms with E-state index in [0.717, 1.165) is 10.9 Å². The van der Waals surface area contributed by atoms with Crippen LogP contribution in [0.1, 0.15) is 23.1 Å². The number of hydrogen-bond acceptors (Lipinski definition) is 2. The van der Waals surface area contributed by atoms with Crippen LogP contribution in [-0.4, -0.2) is 10.9 Å². The number of nitrogens with one attached hydrogen (secondary N) is 2. The van der Waals surface area contributed by atoms with Crippen molar-refractivity contribution in [3.05, 3.63) is 81.6 Å². The van der Waals surface area contributed by atoms with Crippen LogP contribution in [-0.2, 0) is 17.8 Å². The maximum Gasteiger partial charge on any atom is 0.253 e. The predicted octanol–water partition coefficient (Wildman–Crippen LogP) is 3.09. The SMILES string of the molecule is Cc1ccccc1CCC(=O)NCc1cc2ccccc2[nH]c1=O. The highest BCUT2D eigenvalue weighted by Crippen LogP contribution is 2.11. The van der Waals surface area contributed by atoms with Gasteiger partial charge >= 0.3 is 0 Å². The zero-order valence-corrected chi connectivity index (χ0v) is 13.6. The van der Waals surface area contributed by atoms with Gasteiger partial charge in [0.1, 0.15) is 0 Å². The summed E-state index contributed by atoms with van der Waals surface area (Å²) in [6.07, 6.45) is 1.11. The molecule has 1 heterocycles. The maximum atomic E-state index is 12.1. The van der Waals surface area contributed by atoms with Gasteiger partial charge in [0.05, 0.1) is 0 Å². The van der Waals surface area contributed by atoms with Crippen molar-refractivity contribution in [1.82, 2.24) is 10.3 Å². The number of benzene rings is 2. The molecule has 0 unspecified atom stereocenters. The van der Waals surface area contributed by atoms with E-state index in [-0.39, 0.29) is 18.0 Å². The average molecular weight is 320 g/mol. The van der Waals surface area contributed by atoms with Gasteiger partial charge in [0, 0.05) is 24.0 Å². The van der Waals surface area contributed by atoms with Crippen LogP contribution in [0.5, 0.6) is 0 Å². The molecule has 1 amide bonds. The Kier molecular flexibility index (Phi) is 4.75. The first kappa shape index (κ1) is 16.0. The van der Waals surface area contributed by atoms with E-state index in [1.807, 2.05) is 61.5 Å². The van der Waals surface area contributed by atoms with Crippen LogP contribution < -0.4 is 10.9 Å². The number of amides is 1. The molecule has 4 nitrogen and oxygen atoms in total. The molecular weight excluding hydrogens is 300 g/mol.